The zero-order valence-electron chi connectivity index (χ0n) is 14.7. The Morgan fingerprint density at radius 2 is 1.24 bits per heavy atom. The summed E-state index contributed by atoms with van der Waals surface area (Å²) in [6, 6.07) is 0. The molecule has 0 saturated heterocycles. The normalized spacial score (nSPS) is 17.2. The third kappa shape index (κ3) is 6.98. The molecule has 21 heavy (non-hydrogen) atoms. The van der Waals surface area contributed by atoms with Gasteiger partial charge in [-0.15, -0.1) is 0 Å². The molecule has 1 nitrogen and oxygen atoms in total. The zero-order chi connectivity index (χ0) is 15.4. The van der Waals surface area contributed by atoms with E-state index < -0.39 is 0 Å². The highest BCUT2D eigenvalue weighted by Crippen LogP contribution is 2.42. The van der Waals surface area contributed by atoms with E-state index in [1.807, 2.05) is 0 Å². The third-order valence-corrected chi connectivity index (χ3v) is 5.59. The van der Waals surface area contributed by atoms with Gasteiger partial charge in [-0.2, -0.15) is 0 Å². The highest BCUT2D eigenvalue weighted by Gasteiger charge is 2.38. The summed E-state index contributed by atoms with van der Waals surface area (Å²) in [7, 11) is 0. The van der Waals surface area contributed by atoms with Crippen molar-refractivity contribution in [2.75, 3.05) is 0 Å². The second-order valence-corrected chi connectivity index (χ2v) is 7.20. The molecule has 1 aliphatic rings. The average Bonchev–Trinajstić information content (AvgIpc) is 2.99. The van der Waals surface area contributed by atoms with Crippen LogP contribution in [0.2, 0.25) is 0 Å². The molecule has 0 heterocycles. The third-order valence-electron chi connectivity index (χ3n) is 5.59. The number of carbonyl (C=O) groups is 1. The first-order valence-electron chi connectivity index (χ1n) is 9.78. The Balaban J connectivity index is 1.95. The number of unbranched alkanes of at least 4 members (excludes halogenated alkanes) is 9. The molecule has 0 aromatic rings. The van der Waals surface area contributed by atoms with Gasteiger partial charge in [-0.05, 0) is 25.7 Å². The molecule has 0 spiro atoms. The van der Waals surface area contributed by atoms with Gasteiger partial charge in [0, 0.05) is 11.8 Å². The lowest BCUT2D eigenvalue weighted by molar-refractivity contribution is -0.128. The summed E-state index contributed by atoms with van der Waals surface area (Å²) in [4.78, 5) is 12.4. The molecule has 1 saturated carbocycles. The number of rotatable bonds is 13. The van der Waals surface area contributed by atoms with E-state index in [-0.39, 0.29) is 5.41 Å². The summed E-state index contributed by atoms with van der Waals surface area (Å²) in [6.07, 6.45) is 20.3. The number of ketones is 1. The molecule has 1 heteroatoms. The maximum Gasteiger partial charge on any atom is 0.139 e. The molecule has 0 aromatic carbocycles. The van der Waals surface area contributed by atoms with Crippen molar-refractivity contribution in [2.45, 2.75) is 117 Å². The van der Waals surface area contributed by atoms with E-state index in [1.54, 1.807) is 0 Å². The molecule has 0 atom stereocenters. The maximum atomic E-state index is 12.4. The topological polar surface area (TPSA) is 17.1 Å². The lowest BCUT2D eigenvalue weighted by Crippen LogP contribution is -2.26. The van der Waals surface area contributed by atoms with Gasteiger partial charge < -0.3 is 0 Å². The fraction of sp³-hybridized carbons (Fsp3) is 0.950. The van der Waals surface area contributed by atoms with Crippen LogP contribution >= 0.6 is 0 Å². The largest absolute Gasteiger partial charge is 0.299 e. The van der Waals surface area contributed by atoms with Gasteiger partial charge in [0.1, 0.15) is 5.78 Å². The molecule has 1 fully saturated rings. The minimum Gasteiger partial charge on any atom is -0.299 e. The molecule has 0 bridgehead atoms. The SMILES string of the molecule is CCCCCCCCCCCCC(=O)C1(CC)CCCC1. The van der Waals surface area contributed by atoms with E-state index in [1.165, 1.54) is 83.5 Å². The first kappa shape index (κ1) is 18.7. The summed E-state index contributed by atoms with van der Waals surface area (Å²) in [5, 5.41) is 0. The Labute approximate surface area is 133 Å². The van der Waals surface area contributed by atoms with Crippen molar-refractivity contribution in [3.63, 3.8) is 0 Å². The molecule has 0 amide bonds. The van der Waals surface area contributed by atoms with E-state index >= 15 is 0 Å². The van der Waals surface area contributed by atoms with Gasteiger partial charge in [-0.1, -0.05) is 84.5 Å². The number of hydrogen-bond donors (Lipinski definition) is 0. The fourth-order valence-corrected chi connectivity index (χ4v) is 3.92. The predicted molar refractivity (Wildman–Crippen MR) is 92.7 cm³/mol. The quantitative estimate of drug-likeness (QED) is 0.340. The molecule has 124 valence electrons. The molecule has 0 N–H and O–H groups in total. The van der Waals surface area contributed by atoms with Crippen molar-refractivity contribution >= 4 is 5.78 Å². The van der Waals surface area contributed by atoms with Crippen LogP contribution in [-0.4, -0.2) is 5.78 Å². The highest BCUT2D eigenvalue weighted by atomic mass is 16.1. The van der Waals surface area contributed by atoms with Gasteiger partial charge in [-0.3, -0.25) is 4.79 Å². The average molecular weight is 295 g/mol. The summed E-state index contributed by atoms with van der Waals surface area (Å²) in [6.45, 7) is 4.48. The van der Waals surface area contributed by atoms with Crippen LogP contribution in [0.4, 0.5) is 0 Å². The summed E-state index contributed by atoms with van der Waals surface area (Å²) < 4.78 is 0. The molecule has 0 aromatic heterocycles. The van der Waals surface area contributed by atoms with E-state index in [4.69, 9.17) is 0 Å². The summed E-state index contributed by atoms with van der Waals surface area (Å²) in [5.41, 5.74) is 0.0965. The van der Waals surface area contributed by atoms with E-state index in [0.29, 0.717) is 5.78 Å². The zero-order valence-corrected chi connectivity index (χ0v) is 14.7. The molecule has 0 aliphatic heterocycles. The predicted octanol–water partition coefficient (Wildman–Crippen LogP) is 6.84. The summed E-state index contributed by atoms with van der Waals surface area (Å²) in [5.74, 6) is 0.585. The van der Waals surface area contributed by atoms with E-state index in [0.717, 1.165) is 19.3 Å². The van der Waals surface area contributed by atoms with E-state index in [2.05, 4.69) is 13.8 Å². The van der Waals surface area contributed by atoms with Crippen LogP contribution in [0.15, 0.2) is 0 Å². The Kier molecular flexibility index (Phi) is 10.0. The smallest absolute Gasteiger partial charge is 0.139 e. The number of carbonyl (C=O) groups excluding carboxylic acids is 1. The van der Waals surface area contributed by atoms with Crippen molar-refractivity contribution in [3.05, 3.63) is 0 Å². The van der Waals surface area contributed by atoms with Gasteiger partial charge >= 0.3 is 0 Å². The van der Waals surface area contributed by atoms with Crippen LogP contribution in [0.3, 0.4) is 0 Å². The Bertz CT molecular complexity index is 263. The van der Waals surface area contributed by atoms with Gasteiger partial charge in [0.05, 0.1) is 0 Å². The van der Waals surface area contributed by atoms with Crippen molar-refractivity contribution in [1.82, 2.24) is 0 Å². The van der Waals surface area contributed by atoms with Gasteiger partial charge in [0.15, 0.2) is 0 Å². The number of hydrogen-bond acceptors (Lipinski definition) is 1. The van der Waals surface area contributed by atoms with Crippen LogP contribution in [0.5, 0.6) is 0 Å². The highest BCUT2D eigenvalue weighted by molar-refractivity contribution is 5.85. The van der Waals surface area contributed by atoms with Gasteiger partial charge in [0.2, 0.25) is 0 Å². The second-order valence-electron chi connectivity index (χ2n) is 7.20. The van der Waals surface area contributed by atoms with E-state index in [9.17, 15) is 4.79 Å². The van der Waals surface area contributed by atoms with Gasteiger partial charge in [-0.25, -0.2) is 0 Å². The minimum absolute atomic E-state index is 0.0965. The summed E-state index contributed by atoms with van der Waals surface area (Å²) >= 11 is 0. The maximum absolute atomic E-state index is 12.4. The monoisotopic (exact) mass is 294 g/mol. The molecular weight excluding hydrogens is 256 g/mol. The van der Waals surface area contributed by atoms with Crippen molar-refractivity contribution in [1.29, 1.82) is 0 Å². The molecule has 0 radical (unpaired) electrons. The first-order valence-corrected chi connectivity index (χ1v) is 9.78. The van der Waals surface area contributed by atoms with Crippen molar-refractivity contribution in [2.24, 2.45) is 5.41 Å². The standard InChI is InChI=1S/C20H38O/c1-3-5-6-7-8-9-10-11-12-13-16-19(21)20(4-2)17-14-15-18-20/h3-18H2,1-2H3. The first-order chi connectivity index (χ1) is 10.2. The lowest BCUT2D eigenvalue weighted by atomic mass is 9.77. The van der Waals surface area contributed by atoms with Crippen molar-refractivity contribution in [3.8, 4) is 0 Å². The lowest BCUT2D eigenvalue weighted by Gasteiger charge is -2.25. The fourth-order valence-electron chi connectivity index (χ4n) is 3.92. The van der Waals surface area contributed by atoms with Crippen molar-refractivity contribution < 1.29 is 4.79 Å². The van der Waals surface area contributed by atoms with Crippen LogP contribution in [-0.2, 0) is 4.79 Å². The molecule has 0 unspecified atom stereocenters. The molecular formula is C20H38O. The molecule has 1 rings (SSSR count). The van der Waals surface area contributed by atoms with Gasteiger partial charge in [0.25, 0.3) is 0 Å². The van der Waals surface area contributed by atoms with Crippen LogP contribution in [0.1, 0.15) is 117 Å². The number of Topliss-reactive ketones (excluding diaryl/α,β-unsaturated/α-hetero) is 1. The Hall–Kier alpha value is -0.330. The van der Waals surface area contributed by atoms with Crippen LogP contribution in [0, 0.1) is 5.41 Å². The minimum atomic E-state index is 0.0965. The van der Waals surface area contributed by atoms with Crippen LogP contribution < -0.4 is 0 Å². The second kappa shape index (κ2) is 11.3. The Morgan fingerprint density at radius 3 is 1.71 bits per heavy atom. The van der Waals surface area contributed by atoms with Crippen LogP contribution in [0.25, 0.3) is 0 Å². The Morgan fingerprint density at radius 1 is 0.762 bits per heavy atom. The molecule has 1 aliphatic carbocycles.